The maximum atomic E-state index is 9.87. The van der Waals surface area contributed by atoms with Crippen LogP contribution in [0.1, 0.15) is 26.7 Å². The molecule has 0 saturated carbocycles. The Morgan fingerprint density at radius 2 is 1.04 bits per heavy atom. The Hall–Kier alpha value is -1.23. The van der Waals surface area contributed by atoms with Gasteiger partial charge in [-0.25, -0.2) is 0 Å². The first-order valence-corrected chi connectivity index (χ1v) is 8.78. The fourth-order valence-electron chi connectivity index (χ4n) is 2.30. The van der Waals surface area contributed by atoms with Crippen molar-refractivity contribution in [2.45, 2.75) is 38.8 Å². The van der Waals surface area contributed by atoms with Gasteiger partial charge in [-0.3, -0.25) is 0 Å². The van der Waals surface area contributed by atoms with Gasteiger partial charge >= 0.3 is 66.9 Å². The smallest absolute Gasteiger partial charge is 0 e. The minimum atomic E-state index is -10.7. The number of para-hydroxylation sites is 1. The maximum Gasteiger partial charge on any atom is 0 e. The third kappa shape index (κ3) is 22.7. The molecule has 4 nitrogen and oxygen atoms in total. The van der Waals surface area contributed by atoms with Crippen LogP contribution in [-0.4, -0.2) is 12.1 Å². The van der Waals surface area contributed by atoms with Crippen molar-refractivity contribution in [1.82, 2.24) is 0 Å². The summed E-state index contributed by atoms with van der Waals surface area (Å²) < 4.78 is 81.7. The Morgan fingerprint density at radius 3 is 1.30 bits per heavy atom. The minimum absolute atomic E-state index is 0. The van der Waals surface area contributed by atoms with Crippen LogP contribution >= 0.6 is 7.81 Å². The van der Waals surface area contributed by atoms with Crippen LogP contribution in [0.4, 0.5) is 30.9 Å². The fourth-order valence-corrected chi connectivity index (χ4v) is 2.30. The third-order valence-corrected chi connectivity index (χ3v) is 3.01. The summed E-state index contributed by atoms with van der Waals surface area (Å²) in [5.41, 5.74) is 1.38. The summed E-state index contributed by atoms with van der Waals surface area (Å²) in [5.74, 6) is 0. The summed E-state index contributed by atoms with van der Waals surface area (Å²) in [6.45, 7) is 18.1. The zero-order valence-electron chi connectivity index (χ0n) is 14.2. The summed E-state index contributed by atoms with van der Waals surface area (Å²) in [7, 11) is -10.7. The first kappa shape index (κ1) is 33.4. The molecule has 0 bridgehead atoms. The third-order valence-electron chi connectivity index (χ3n) is 3.01. The number of hydrogen-bond acceptors (Lipinski definition) is 1. The van der Waals surface area contributed by atoms with Crippen molar-refractivity contribution in [2.24, 2.45) is 0 Å². The second-order valence-corrected chi connectivity index (χ2v) is 6.89. The number of hydrogen-bond donors (Lipinski definition) is 0. The molecule has 2 rings (SSSR count). The average Bonchev–Trinajstić information content (AvgIpc) is 2.90. The Kier molecular flexibility index (Phi) is 16.1. The number of halogens is 6. The van der Waals surface area contributed by atoms with Crippen LogP contribution in [0.5, 0.6) is 0 Å². The largest absolute Gasteiger partial charge is 0 e. The molecular weight excluding hydrogens is 442 g/mol. The second kappa shape index (κ2) is 13.0. The second-order valence-electron chi connectivity index (χ2n) is 4.98. The Labute approximate surface area is 164 Å². The molecule has 1 aromatic rings. The van der Waals surface area contributed by atoms with Gasteiger partial charge in [0.2, 0.25) is 0 Å². The van der Waals surface area contributed by atoms with E-state index in [0.717, 1.165) is 0 Å². The van der Waals surface area contributed by atoms with Crippen LogP contribution in [0.3, 0.4) is 0 Å². The number of anilines is 1. The molecule has 1 radical (unpaired) electrons. The van der Waals surface area contributed by atoms with Gasteiger partial charge < -0.3 is 4.90 Å². The van der Waals surface area contributed by atoms with Crippen LogP contribution in [0, 0.1) is 20.0 Å². The van der Waals surface area contributed by atoms with Gasteiger partial charge in [-0.05, 0) is 38.8 Å². The zero-order valence-corrected chi connectivity index (χ0v) is 16.3. The molecule has 0 N–H and O–H groups in total. The molecule has 0 spiro atoms. The maximum absolute atomic E-state index is 10.7. The van der Waals surface area contributed by atoms with Gasteiger partial charge in [-0.2, -0.15) is 0 Å². The van der Waals surface area contributed by atoms with Crippen LogP contribution in [-0.2, 0) is 31.0 Å². The van der Waals surface area contributed by atoms with Gasteiger partial charge in [0.1, 0.15) is 0 Å². The van der Waals surface area contributed by atoms with Gasteiger partial charge in [0.05, 0.1) is 0 Å². The van der Waals surface area contributed by atoms with Gasteiger partial charge in [0.15, 0.2) is 0 Å². The van der Waals surface area contributed by atoms with Crippen molar-refractivity contribution in [1.29, 1.82) is 0 Å². The van der Waals surface area contributed by atoms with E-state index in [1.54, 1.807) is 0 Å². The van der Waals surface area contributed by atoms with Crippen molar-refractivity contribution in [3.05, 3.63) is 50.3 Å². The predicted octanol–water partition coefficient (Wildman–Crippen LogP) is 6.33. The summed E-state index contributed by atoms with van der Waals surface area (Å²) in [6, 6.07) is 12.1. The number of benzene rings is 1. The zero-order chi connectivity index (χ0) is 21.7. The molecule has 27 heavy (non-hydrogen) atoms. The van der Waals surface area contributed by atoms with Crippen molar-refractivity contribution < 1.29 is 56.2 Å². The molecule has 12 heteroatoms. The van der Waals surface area contributed by atoms with Gasteiger partial charge in [0, 0.05) is 34.8 Å². The summed E-state index contributed by atoms with van der Waals surface area (Å²) in [4.78, 5) is 2.53. The fraction of sp³-hybridized carbons (Fsp3) is 0.400. The quantitative estimate of drug-likeness (QED) is 0.159. The Bertz CT molecular complexity index is 542. The normalized spacial score (nSPS) is 19.7. The summed E-state index contributed by atoms with van der Waals surface area (Å²) in [5, 5.41) is 0. The summed E-state index contributed by atoms with van der Waals surface area (Å²) >= 11 is 0. The number of nitrogens with zero attached hydrogens (tertiary/aromatic N) is 1. The average molecular weight is 459 g/mol. The molecule has 2 atom stereocenters. The standard InChI is InChI=1S/C12H17N.3CO.F6P.Mn/c1-10-8-9-11(2)13(10)12-6-4-3-5-7-12;3*1-2;1-7(2,3,4,5)6;/h3-7,10-11H,8-9H2,1-2H3;;;;;/q;;;;-1;/t10-,11-;;;;;/m1...../s1. The molecular formula is C15H17F6MnNO3P-. The molecule has 0 amide bonds. The molecule has 0 unspecified atom stereocenters. The van der Waals surface area contributed by atoms with E-state index in [-0.39, 0.29) is 17.1 Å². The molecule has 1 aliphatic rings. The van der Waals surface area contributed by atoms with Crippen LogP contribution in [0.25, 0.3) is 0 Å². The van der Waals surface area contributed by atoms with Crippen molar-refractivity contribution >= 4 is 13.5 Å². The van der Waals surface area contributed by atoms with E-state index in [2.05, 4.69) is 69.0 Å². The molecule has 1 saturated heterocycles. The minimum Gasteiger partial charge on any atom is 0 e. The first-order valence-electron chi connectivity index (χ1n) is 6.75. The van der Waals surface area contributed by atoms with Crippen LogP contribution < -0.4 is 4.90 Å². The summed E-state index contributed by atoms with van der Waals surface area (Å²) in [6.07, 6.45) is 2.66. The van der Waals surface area contributed by atoms with Crippen molar-refractivity contribution in [3.8, 4) is 0 Å². The van der Waals surface area contributed by atoms with E-state index in [0.29, 0.717) is 12.1 Å². The van der Waals surface area contributed by atoms with E-state index in [1.165, 1.54) is 18.5 Å². The van der Waals surface area contributed by atoms with E-state index >= 15 is 0 Å². The molecule has 1 aliphatic heterocycles. The molecule has 155 valence electrons. The number of rotatable bonds is 1. The van der Waals surface area contributed by atoms with E-state index in [9.17, 15) is 25.2 Å². The van der Waals surface area contributed by atoms with E-state index in [4.69, 9.17) is 14.0 Å². The van der Waals surface area contributed by atoms with Crippen molar-refractivity contribution in [3.63, 3.8) is 0 Å². The molecule has 0 aliphatic carbocycles. The van der Waals surface area contributed by atoms with Crippen LogP contribution in [0.2, 0.25) is 0 Å². The molecule has 1 aromatic carbocycles. The van der Waals surface area contributed by atoms with Crippen LogP contribution in [0.15, 0.2) is 30.3 Å². The Balaban J connectivity index is -0.000000163. The predicted molar refractivity (Wildman–Crippen MR) is 82.4 cm³/mol. The van der Waals surface area contributed by atoms with Gasteiger partial charge in [-0.15, -0.1) is 0 Å². The van der Waals surface area contributed by atoms with Gasteiger partial charge in [0.25, 0.3) is 0 Å². The molecule has 1 fully saturated rings. The monoisotopic (exact) mass is 459 g/mol. The molecule has 0 aromatic heterocycles. The molecule has 1 heterocycles. The first-order chi connectivity index (χ1) is 11.7. The van der Waals surface area contributed by atoms with E-state index in [1.807, 2.05) is 0 Å². The topological polar surface area (TPSA) is 62.9 Å². The van der Waals surface area contributed by atoms with Crippen molar-refractivity contribution in [2.75, 3.05) is 4.90 Å². The SMILES string of the molecule is C[C@@H]1CC[C@@H](C)N1c1ccccc1.F[P-](F)(F)(F)(F)F.[C-]#[O+].[C-]#[O+].[C-]#[O+].[Mn]. The van der Waals surface area contributed by atoms with E-state index < -0.39 is 7.81 Å². The Morgan fingerprint density at radius 1 is 0.778 bits per heavy atom. The van der Waals surface area contributed by atoms with Gasteiger partial charge in [-0.1, -0.05) is 18.2 Å².